The second kappa shape index (κ2) is 4.28. The molecular weight excluding hydrogens is 212 g/mol. The van der Waals surface area contributed by atoms with Crippen molar-refractivity contribution >= 4 is 17.3 Å². The number of rotatable bonds is 5. The summed E-state index contributed by atoms with van der Waals surface area (Å²) in [5.41, 5.74) is 6.71. The van der Waals surface area contributed by atoms with Gasteiger partial charge in [-0.25, -0.2) is 4.98 Å². The quantitative estimate of drug-likeness (QED) is 0.803. The Morgan fingerprint density at radius 3 is 3.07 bits per heavy atom. The minimum Gasteiger partial charge on any atom is -0.481 e. The largest absolute Gasteiger partial charge is 0.481 e. The molecule has 0 saturated heterocycles. The van der Waals surface area contributed by atoms with E-state index >= 15 is 0 Å². The normalized spacial score (nSPS) is 17.7. The van der Waals surface area contributed by atoms with Gasteiger partial charge in [0.2, 0.25) is 0 Å². The van der Waals surface area contributed by atoms with Crippen LogP contribution < -0.4 is 5.73 Å². The zero-order valence-electron chi connectivity index (χ0n) is 8.35. The molecule has 1 aromatic rings. The van der Waals surface area contributed by atoms with E-state index in [0.29, 0.717) is 12.3 Å². The predicted octanol–water partition coefficient (Wildman–Crippen LogP) is 1.89. The summed E-state index contributed by atoms with van der Waals surface area (Å²) in [6.45, 7) is 0. The SMILES string of the molecule is NC(CCC(=O)O)c1csc(C2CC2)n1. The Labute approximate surface area is 92.1 Å². The standard InChI is InChI=1S/C10H14N2O2S/c11-7(3-4-9(13)14)8-5-15-10(12-8)6-1-2-6/h5-7H,1-4,11H2,(H,13,14). The van der Waals surface area contributed by atoms with Gasteiger partial charge in [-0.1, -0.05) is 0 Å². The number of hydrogen-bond acceptors (Lipinski definition) is 4. The number of hydrogen-bond donors (Lipinski definition) is 2. The van der Waals surface area contributed by atoms with Crippen molar-refractivity contribution in [3.8, 4) is 0 Å². The van der Waals surface area contributed by atoms with Crippen molar-refractivity contribution in [2.75, 3.05) is 0 Å². The third kappa shape index (κ3) is 2.76. The van der Waals surface area contributed by atoms with Gasteiger partial charge in [0.1, 0.15) is 0 Å². The van der Waals surface area contributed by atoms with Gasteiger partial charge in [-0.3, -0.25) is 4.79 Å². The molecule has 15 heavy (non-hydrogen) atoms. The topological polar surface area (TPSA) is 76.2 Å². The van der Waals surface area contributed by atoms with Crippen LogP contribution in [0.1, 0.15) is 48.3 Å². The van der Waals surface area contributed by atoms with Gasteiger partial charge in [-0.15, -0.1) is 11.3 Å². The van der Waals surface area contributed by atoms with Crippen LogP contribution in [0.15, 0.2) is 5.38 Å². The van der Waals surface area contributed by atoms with Crippen molar-refractivity contribution < 1.29 is 9.90 Å². The average molecular weight is 226 g/mol. The molecule has 0 aliphatic heterocycles. The molecule has 3 N–H and O–H groups in total. The smallest absolute Gasteiger partial charge is 0.303 e. The molecule has 0 aromatic carbocycles. The number of thiazole rings is 1. The molecule has 1 aliphatic carbocycles. The lowest BCUT2D eigenvalue weighted by atomic mass is 10.1. The van der Waals surface area contributed by atoms with Crippen LogP contribution in [0.25, 0.3) is 0 Å². The van der Waals surface area contributed by atoms with Crippen LogP contribution in [-0.4, -0.2) is 16.1 Å². The molecule has 0 spiro atoms. The van der Waals surface area contributed by atoms with Gasteiger partial charge >= 0.3 is 5.97 Å². The summed E-state index contributed by atoms with van der Waals surface area (Å²) in [4.78, 5) is 14.8. The fraction of sp³-hybridized carbons (Fsp3) is 0.600. The molecule has 0 radical (unpaired) electrons. The highest BCUT2D eigenvalue weighted by Gasteiger charge is 2.27. The minimum atomic E-state index is -0.803. The highest BCUT2D eigenvalue weighted by molar-refractivity contribution is 7.09. The lowest BCUT2D eigenvalue weighted by Gasteiger charge is -2.05. The molecule has 5 heteroatoms. The first-order chi connectivity index (χ1) is 7.16. The van der Waals surface area contributed by atoms with Gasteiger partial charge in [0, 0.05) is 23.8 Å². The highest BCUT2D eigenvalue weighted by Crippen LogP contribution is 2.41. The average Bonchev–Trinajstić information content (AvgIpc) is 2.93. The Kier molecular flexibility index (Phi) is 3.02. The number of carboxylic acid groups (broad SMARTS) is 1. The third-order valence-electron chi connectivity index (χ3n) is 2.52. The number of carbonyl (C=O) groups is 1. The van der Waals surface area contributed by atoms with Crippen LogP contribution in [0.2, 0.25) is 0 Å². The second-order valence-corrected chi connectivity index (χ2v) is 4.81. The van der Waals surface area contributed by atoms with Crippen LogP contribution in [0.4, 0.5) is 0 Å². The monoisotopic (exact) mass is 226 g/mol. The van der Waals surface area contributed by atoms with Crippen LogP contribution in [0.5, 0.6) is 0 Å². The van der Waals surface area contributed by atoms with Crippen LogP contribution in [-0.2, 0) is 4.79 Å². The fourth-order valence-corrected chi connectivity index (χ4v) is 2.47. The molecule has 1 saturated carbocycles. The van der Waals surface area contributed by atoms with Crippen molar-refractivity contribution in [1.29, 1.82) is 0 Å². The molecule has 82 valence electrons. The Hall–Kier alpha value is -0.940. The summed E-state index contributed by atoms with van der Waals surface area (Å²) < 4.78 is 0. The van der Waals surface area contributed by atoms with E-state index in [-0.39, 0.29) is 12.5 Å². The number of aliphatic carboxylic acids is 1. The maximum Gasteiger partial charge on any atom is 0.303 e. The summed E-state index contributed by atoms with van der Waals surface area (Å²) in [6, 6.07) is -0.232. The number of carboxylic acids is 1. The molecule has 0 bridgehead atoms. The summed E-state index contributed by atoms with van der Waals surface area (Å²) in [5, 5.41) is 11.7. The van der Waals surface area contributed by atoms with Gasteiger partial charge < -0.3 is 10.8 Å². The molecule has 1 atom stereocenters. The van der Waals surface area contributed by atoms with E-state index in [4.69, 9.17) is 10.8 Å². The van der Waals surface area contributed by atoms with Crippen LogP contribution >= 0.6 is 11.3 Å². The van der Waals surface area contributed by atoms with Crippen molar-refractivity contribution in [3.63, 3.8) is 0 Å². The molecule has 1 unspecified atom stereocenters. The Balaban J connectivity index is 1.92. The van der Waals surface area contributed by atoms with Crippen molar-refractivity contribution in [3.05, 3.63) is 16.1 Å². The highest BCUT2D eigenvalue weighted by atomic mass is 32.1. The van der Waals surface area contributed by atoms with E-state index in [1.165, 1.54) is 12.8 Å². The van der Waals surface area contributed by atoms with Gasteiger partial charge in [-0.2, -0.15) is 0 Å². The van der Waals surface area contributed by atoms with Gasteiger partial charge in [-0.05, 0) is 19.3 Å². The molecule has 1 aliphatic rings. The first-order valence-corrected chi connectivity index (χ1v) is 5.97. The number of aromatic nitrogens is 1. The van der Waals surface area contributed by atoms with E-state index in [2.05, 4.69) is 4.98 Å². The maximum atomic E-state index is 10.4. The zero-order valence-corrected chi connectivity index (χ0v) is 9.17. The van der Waals surface area contributed by atoms with Gasteiger partial charge in [0.25, 0.3) is 0 Å². The third-order valence-corrected chi connectivity index (χ3v) is 3.54. The van der Waals surface area contributed by atoms with E-state index < -0.39 is 5.97 Å². The predicted molar refractivity (Wildman–Crippen MR) is 57.9 cm³/mol. The molecule has 1 heterocycles. The molecule has 4 nitrogen and oxygen atoms in total. The Morgan fingerprint density at radius 2 is 2.47 bits per heavy atom. The van der Waals surface area contributed by atoms with E-state index in [9.17, 15) is 4.79 Å². The first kappa shape index (κ1) is 10.6. The van der Waals surface area contributed by atoms with Crippen molar-refractivity contribution in [2.24, 2.45) is 5.73 Å². The first-order valence-electron chi connectivity index (χ1n) is 5.09. The van der Waals surface area contributed by atoms with Crippen molar-refractivity contribution in [1.82, 2.24) is 4.98 Å². The van der Waals surface area contributed by atoms with Crippen molar-refractivity contribution in [2.45, 2.75) is 37.6 Å². The zero-order chi connectivity index (χ0) is 10.8. The van der Waals surface area contributed by atoms with E-state index in [1.807, 2.05) is 5.38 Å². The van der Waals surface area contributed by atoms with Crippen LogP contribution in [0, 0.1) is 0 Å². The molecule has 0 amide bonds. The number of nitrogens with zero attached hydrogens (tertiary/aromatic N) is 1. The second-order valence-electron chi connectivity index (χ2n) is 3.92. The van der Waals surface area contributed by atoms with E-state index in [1.54, 1.807) is 11.3 Å². The van der Waals surface area contributed by atoms with E-state index in [0.717, 1.165) is 10.7 Å². The summed E-state index contributed by atoms with van der Waals surface area (Å²) in [5.74, 6) is -0.154. The molecular formula is C10H14N2O2S. The minimum absolute atomic E-state index is 0.109. The molecule has 2 rings (SSSR count). The maximum absolute atomic E-state index is 10.4. The fourth-order valence-electron chi connectivity index (χ4n) is 1.42. The molecule has 1 aromatic heterocycles. The lowest BCUT2D eigenvalue weighted by Crippen LogP contribution is -2.12. The summed E-state index contributed by atoms with van der Waals surface area (Å²) in [6.07, 6.45) is 3.04. The lowest BCUT2D eigenvalue weighted by molar-refractivity contribution is -0.137. The Bertz CT molecular complexity index is 360. The van der Waals surface area contributed by atoms with Gasteiger partial charge in [0.05, 0.1) is 10.7 Å². The number of nitrogens with two attached hydrogens (primary N) is 1. The summed E-state index contributed by atoms with van der Waals surface area (Å²) in [7, 11) is 0. The van der Waals surface area contributed by atoms with Gasteiger partial charge in [0.15, 0.2) is 0 Å². The molecule has 1 fully saturated rings. The van der Waals surface area contributed by atoms with Crippen LogP contribution in [0.3, 0.4) is 0 Å². The Morgan fingerprint density at radius 1 is 1.73 bits per heavy atom. The summed E-state index contributed by atoms with van der Waals surface area (Å²) >= 11 is 1.64.